The fourth-order valence-electron chi connectivity index (χ4n) is 2.87. The summed E-state index contributed by atoms with van der Waals surface area (Å²) in [5.74, 6) is -0.483. The number of hydrogen-bond donors (Lipinski definition) is 1. The molecule has 0 unspecified atom stereocenters. The normalized spacial score (nSPS) is 15.6. The van der Waals surface area contributed by atoms with E-state index in [4.69, 9.17) is 4.74 Å². The maximum Gasteiger partial charge on any atom is 0.261 e. The number of nitrogens with zero attached hydrogens (tertiary/aromatic N) is 3. The van der Waals surface area contributed by atoms with Crippen LogP contribution < -0.4 is 10.9 Å². The van der Waals surface area contributed by atoms with E-state index in [-0.39, 0.29) is 36.7 Å². The standard InChI is InChI=1S/C17H21BrN4O5S/c18-13-1-2-15-14(11-13)17(24)21(12-20-15)5-3-16(23)19-4-10-28(25,26)22-6-8-27-9-7-22/h1-2,11-12H,3-10H2,(H,19,23). The Morgan fingerprint density at radius 1 is 1.29 bits per heavy atom. The molecule has 0 atom stereocenters. The van der Waals surface area contributed by atoms with Crippen molar-refractivity contribution >= 4 is 42.8 Å². The number of aryl methyl sites for hydroxylation is 1. The molecule has 9 nitrogen and oxygen atoms in total. The van der Waals surface area contributed by atoms with Crippen LogP contribution in [-0.2, 0) is 26.1 Å². The van der Waals surface area contributed by atoms with Gasteiger partial charge in [0.25, 0.3) is 5.56 Å². The lowest BCUT2D eigenvalue weighted by molar-refractivity contribution is -0.121. The molecule has 1 aliphatic heterocycles. The highest BCUT2D eigenvalue weighted by atomic mass is 79.9. The van der Waals surface area contributed by atoms with Crippen LogP contribution in [0.3, 0.4) is 0 Å². The highest BCUT2D eigenvalue weighted by molar-refractivity contribution is 9.10. The van der Waals surface area contributed by atoms with E-state index < -0.39 is 10.0 Å². The highest BCUT2D eigenvalue weighted by Crippen LogP contribution is 2.14. The first kappa shape index (κ1) is 20.9. The fourth-order valence-corrected chi connectivity index (χ4v) is 4.56. The zero-order chi connectivity index (χ0) is 20.1. The Labute approximate surface area is 170 Å². The zero-order valence-corrected chi connectivity index (χ0v) is 17.5. The summed E-state index contributed by atoms with van der Waals surface area (Å²) in [4.78, 5) is 28.7. The minimum atomic E-state index is -3.41. The van der Waals surface area contributed by atoms with Crippen molar-refractivity contribution in [2.24, 2.45) is 0 Å². The lowest BCUT2D eigenvalue weighted by atomic mass is 10.2. The molecule has 152 valence electrons. The molecule has 3 rings (SSSR count). The van der Waals surface area contributed by atoms with Gasteiger partial charge in [0.15, 0.2) is 0 Å². The molecule has 0 radical (unpaired) electrons. The van der Waals surface area contributed by atoms with Gasteiger partial charge < -0.3 is 10.1 Å². The van der Waals surface area contributed by atoms with Crippen LogP contribution in [0.2, 0.25) is 0 Å². The van der Waals surface area contributed by atoms with Gasteiger partial charge in [0.2, 0.25) is 15.9 Å². The molecule has 28 heavy (non-hydrogen) atoms. The van der Waals surface area contributed by atoms with E-state index in [0.717, 1.165) is 4.47 Å². The second-order valence-corrected chi connectivity index (χ2v) is 9.34. The van der Waals surface area contributed by atoms with Crippen molar-refractivity contribution in [3.8, 4) is 0 Å². The third kappa shape index (κ3) is 5.16. The van der Waals surface area contributed by atoms with E-state index in [2.05, 4.69) is 26.2 Å². The van der Waals surface area contributed by atoms with Crippen LogP contribution in [0, 0.1) is 0 Å². The number of rotatable bonds is 7. The number of amides is 1. The van der Waals surface area contributed by atoms with Gasteiger partial charge in [-0.05, 0) is 18.2 Å². The van der Waals surface area contributed by atoms with Gasteiger partial charge in [-0.25, -0.2) is 13.4 Å². The van der Waals surface area contributed by atoms with Crippen molar-refractivity contribution in [2.75, 3.05) is 38.6 Å². The van der Waals surface area contributed by atoms with E-state index in [0.29, 0.717) is 37.2 Å². The van der Waals surface area contributed by atoms with Crippen LogP contribution in [-0.4, -0.2) is 66.8 Å². The Balaban J connectivity index is 1.51. The molecule has 0 bridgehead atoms. The summed E-state index contributed by atoms with van der Waals surface area (Å²) in [7, 11) is -3.41. The Kier molecular flexibility index (Phi) is 6.81. The van der Waals surface area contributed by atoms with Crippen molar-refractivity contribution < 1.29 is 17.9 Å². The number of sulfonamides is 1. The molecule has 2 heterocycles. The predicted molar refractivity (Wildman–Crippen MR) is 108 cm³/mol. The van der Waals surface area contributed by atoms with Gasteiger partial charge >= 0.3 is 0 Å². The van der Waals surface area contributed by atoms with Crippen LogP contribution in [0.25, 0.3) is 10.9 Å². The predicted octanol–water partition coefficient (Wildman–Crippen LogP) is 0.327. The van der Waals surface area contributed by atoms with Crippen molar-refractivity contribution in [3.05, 3.63) is 39.4 Å². The molecule has 2 aromatic rings. The van der Waals surface area contributed by atoms with E-state index in [1.54, 1.807) is 18.2 Å². The minimum Gasteiger partial charge on any atom is -0.379 e. The summed E-state index contributed by atoms with van der Waals surface area (Å²) in [6.45, 7) is 1.63. The number of carbonyl (C=O) groups is 1. The molecule has 1 saturated heterocycles. The molecular weight excluding hydrogens is 452 g/mol. The van der Waals surface area contributed by atoms with Gasteiger partial charge in [-0.15, -0.1) is 0 Å². The van der Waals surface area contributed by atoms with E-state index in [9.17, 15) is 18.0 Å². The van der Waals surface area contributed by atoms with Crippen LogP contribution in [0.1, 0.15) is 6.42 Å². The third-order valence-corrected chi connectivity index (χ3v) is 6.78. The number of benzene rings is 1. The molecule has 1 N–H and O–H groups in total. The molecule has 1 amide bonds. The Bertz CT molecular complexity index is 1020. The number of hydrogen-bond acceptors (Lipinski definition) is 6. The molecule has 0 aliphatic carbocycles. The fraction of sp³-hybridized carbons (Fsp3) is 0.471. The minimum absolute atomic E-state index is 0.0241. The summed E-state index contributed by atoms with van der Waals surface area (Å²) in [5.41, 5.74) is 0.358. The van der Waals surface area contributed by atoms with Gasteiger partial charge in [-0.2, -0.15) is 4.31 Å². The average Bonchev–Trinajstić information content (AvgIpc) is 2.68. The van der Waals surface area contributed by atoms with Gasteiger partial charge in [-0.1, -0.05) is 15.9 Å². The molecule has 0 saturated carbocycles. The number of carbonyl (C=O) groups excluding carboxylic acids is 1. The zero-order valence-electron chi connectivity index (χ0n) is 15.1. The molecule has 1 aliphatic rings. The van der Waals surface area contributed by atoms with Crippen molar-refractivity contribution in [3.63, 3.8) is 0 Å². The monoisotopic (exact) mass is 472 g/mol. The van der Waals surface area contributed by atoms with Gasteiger partial charge in [0.05, 0.1) is 36.2 Å². The molecule has 1 aromatic carbocycles. The summed E-state index contributed by atoms with van der Waals surface area (Å²) >= 11 is 3.33. The first-order valence-corrected chi connectivity index (χ1v) is 11.2. The number of morpholine rings is 1. The second-order valence-electron chi connectivity index (χ2n) is 6.33. The molecule has 11 heteroatoms. The number of fused-ring (bicyclic) bond motifs is 1. The van der Waals surface area contributed by atoms with Gasteiger partial charge in [0, 0.05) is 37.1 Å². The molecule has 1 aromatic heterocycles. The number of aromatic nitrogens is 2. The van der Waals surface area contributed by atoms with Crippen molar-refractivity contribution in [1.82, 2.24) is 19.2 Å². The van der Waals surface area contributed by atoms with Gasteiger partial charge in [0.1, 0.15) is 0 Å². The summed E-state index contributed by atoms with van der Waals surface area (Å²) in [6.07, 6.45) is 1.47. The van der Waals surface area contributed by atoms with E-state index in [1.807, 2.05) is 0 Å². The summed E-state index contributed by atoms with van der Waals surface area (Å²) in [5, 5.41) is 3.06. The smallest absolute Gasteiger partial charge is 0.261 e. The number of nitrogens with one attached hydrogen (secondary N) is 1. The Morgan fingerprint density at radius 2 is 2.04 bits per heavy atom. The lowest BCUT2D eigenvalue weighted by Crippen LogP contribution is -2.43. The maximum atomic E-state index is 12.5. The van der Waals surface area contributed by atoms with Crippen molar-refractivity contribution in [1.29, 1.82) is 0 Å². The van der Waals surface area contributed by atoms with E-state index >= 15 is 0 Å². The second kappa shape index (κ2) is 9.12. The Morgan fingerprint density at radius 3 is 2.79 bits per heavy atom. The first-order valence-electron chi connectivity index (χ1n) is 8.84. The van der Waals surface area contributed by atoms with Crippen LogP contribution in [0.4, 0.5) is 0 Å². The maximum absolute atomic E-state index is 12.5. The summed E-state index contributed by atoms with van der Waals surface area (Å²) < 4.78 is 33.1. The SMILES string of the molecule is O=C(CCn1cnc2ccc(Br)cc2c1=O)NCCS(=O)(=O)N1CCOCC1. The topological polar surface area (TPSA) is 111 Å². The van der Waals surface area contributed by atoms with Crippen LogP contribution >= 0.6 is 15.9 Å². The largest absolute Gasteiger partial charge is 0.379 e. The number of ether oxygens (including phenoxy) is 1. The third-order valence-electron chi connectivity index (χ3n) is 4.41. The highest BCUT2D eigenvalue weighted by Gasteiger charge is 2.23. The quantitative estimate of drug-likeness (QED) is 0.621. The molecule has 0 spiro atoms. The van der Waals surface area contributed by atoms with Crippen LogP contribution in [0.15, 0.2) is 33.8 Å². The van der Waals surface area contributed by atoms with Crippen molar-refractivity contribution in [2.45, 2.75) is 13.0 Å². The van der Waals surface area contributed by atoms with Crippen LogP contribution in [0.5, 0.6) is 0 Å². The lowest BCUT2D eigenvalue weighted by Gasteiger charge is -2.26. The summed E-state index contributed by atoms with van der Waals surface area (Å²) in [6, 6.07) is 5.24. The average molecular weight is 473 g/mol. The molecular formula is C17H21BrN4O5S. The first-order chi connectivity index (χ1) is 13.4. The molecule has 1 fully saturated rings. The Hall–Kier alpha value is -1.82. The van der Waals surface area contributed by atoms with E-state index in [1.165, 1.54) is 15.2 Å². The van der Waals surface area contributed by atoms with Gasteiger partial charge in [-0.3, -0.25) is 14.2 Å². The number of halogens is 1.